The standard InChI is InChI=1S/C19H23NO2/c1-4-15(3)20-19(21)13-22-18-11-9-17(10-12-18)16-7-5-14(2)6-8-16/h5-12,15H,4,13H2,1-3H3,(H,20,21)/t15-/m1/s1. The number of amides is 1. The molecule has 0 unspecified atom stereocenters. The molecule has 116 valence electrons. The number of carbonyl (C=O) groups is 1. The molecule has 0 fully saturated rings. The Labute approximate surface area is 132 Å². The number of hydrogen-bond donors (Lipinski definition) is 1. The fourth-order valence-electron chi connectivity index (χ4n) is 2.06. The van der Waals surface area contributed by atoms with Crippen LogP contribution in [0.15, 0.2) is 48.5 Å². The smallest absolute Gasteiger partial charge is 0.258 e. The van der Waals surface area contributed by atoms with Gasteiger partial charge in [-0.2, -0.15) is 0 Å². The van der Waals surface area contributed by atoms with Crippen LogP contribution in [0.3, 0.4) is 0 Å². The van der Waals surface area contributed by atoms with E-state index in [2.05, 4.69) is 36.5 Å². The number of ether oxygens (including phenoxy) is 1. The maximum atomic E-state index is 11.7. The lowest BCUT2D eigenvalue weighted by Gasteiger charge is -2.12. The van der Waals surface area contributed by atoms with Crippen molar-refractivity contribution in [3.63, 3.8) is 0 Å². The van der Waals surface area contributed by atoms with Crippen LogP contribution >= 0.6 is 0 Å². The summed E-state index contributed by atoms with van der Waals surface area (Å²) in [6.45, 7) is 6.14. The van der Waals surface area contributed by atoms with Crippen molar-refractivity contribution in [2.45, 2.75) is 33.2 Å². The maximum Gasteiger partial charge on any atom is 0.258 e. The van der Waals surface area contributed by atoms with Crippen LogP contribution in [0.2, 0.25) is 0 Å². The van der Waals surface area contributed by atoms with Gasteiger partial charge >= 0.3 is 0 Å². The van der Waals surface area contributed by atoms with Gasteiger partial charge < -0.3 is 10.1 Å². The Bertz CT molecular complexity index is 602. The van der Waals surface area contributed by atoms with Crippen LogP contribution in [0, 0.1) is 6.92 Å². The third-order valence-electron chi connectivity index (χ3n) is 3.63. The molecule has 0 radical (unpaired) electrons. The highest BCUT2D eigenvalue weighted by molar-refractivity contribution is 5.77. The van der Waals surface area contributed by atoms with Gasteiger partial charge in [0.05, 0.1) is 0 Å². The summed E-state index contributed by atoms with van der Waals surface area (Å²) < 4.78 is 5.51. The molecule has 0 saturated carbocycles. The zero-order valence-corrected chi connectivity index (χ0v) is 13.4. The molecule has 1 atom stereocenters. The van der Waals surface area contributed by atoms with Gasteiger partial charge in [-0.15, -0.1) is 0 Å². The van der Waals surface area contributed by atoms with E-state index < -0.39 is 0 Å². The number of benzene rings is 2. The summed E-state index contributed by atoms with van der Waals surface area (Å²) in [5, 5.41) is 2.88. The first-order valence-corrected chi connectivity index (χ1v) is 7.67. The molecule has 1 N–H and O–H groups in total. The number of aryl methyl sites for hydroxylation is 1. The van der Waals surface area contributed by atoms with Crippen LogP contribution in [0.25, 0.3) is 11.1 Å². The fraction of sp³-hybridized carbons (Fsp3) is 0.316. The number of carbonyl (C=O) groups excluding carboxylic acids is 1. The highest BCUT2D eigenvalue weighted by atomic mass is 16.5. The summed E-state index contributed by atoms with van der Waals surface area (Å²) in [6.07, 6.45) is 0.914. The van der Waals surface area contributed by atoms with Gasteiger partial charge in [0.25, 0.3) is 5.91 Å². The molecule has 0 aliphatic carbocycles. The van der Waals surface area contributed by atoms with Gasteiger partial charge in [-0.1, -0.05) is 48.9 Å². The van der Waals surface area contributed by atoms with Crippen molar-refractivity contribution in [1.29, 1.82) is 0 Å². The Morgan fingerprint density at radius 2 is 1.59 bits per heavy atom. The minimum atomic E-state index is -0.0861. The molecule has 0 spiro atoms. The van der Waals surface area contributed by atoms with Crippen LogP contribution in [-0.2, 0) is 4.79 Å². The van der Waals surface area contributed by atoms with Crippen molar-refractivity contribution in [2.24, 2.45) is 0 Å². The molecule has 0 aliphatic rings. The quantitative estimate of drug-likeness (QED) is 0.876. The molecule has 0 saturated heterocycles. The van der Waals surface area contributed by atoms with E-state index in [1.54, 1.807) is 0 Å². The predicted molar refractivity (Wildman–Crippen MR) is 90.0 cm³/mol. The molecule has 0 aromatic heterocycles. The normalized spacial score (nSPS) is 11.8. The first kappa shape index (κ1) is 16.1. The van der Waals surface area contributed by atoms with Crippen molar-refractivity contribution >= 4 is 5.91 Å². The second-order valence-corrected chi connectivity index (χ2v) is 5.56. The zero-order valence-electron chi connectivity index (χ0n) is 13.4. The SMILES string of the molecule is CC[C@@H](C)NC(=O)COc1ccc(-c2ccc(C)cc2)cc1. The molecule has 3 heteroatoms. The molecule has 22 heavy (non-hydrogen) atoms. The number of rotatable bonds is 6. The molecule has 0 heterocycles. The Hall–Kier alpha value is -2.29. The topological polar surface area (TPSA) is 38.3 Å². The van der Waals surface area contributed by atoms with Gasteiger partial charge in [0, 0.05) is 6.04 Å². The first-order valence-electron chi connectivity index (χ1n) is 7.67. The molecule has 2 aromatic carbocycles. The fourth-order valence-corrected chi connectivity index (χ4v) is 2.06. The second-order valence-electron chi connectivity index (χ2n) is 5.56. The highest BCUT2D eigenvalue weighted by Gasteiger charge is 2.06. The summed E-state index contributed by atoms with van der Waals surface area (Å²) in [4.78, 5) is 11.7. The third-order valence-corrected chi connectivity index (χ3v) is 3.63. The largest absolute Gasteiger partial charge is 0.484 e. The molecule has 0 bridgehead atoms. The lowest BCUT2D eigenvalue weighted by molar-refractivity contribution is -0.123. The van der Waals surface area contributed by atoms with E-state index in [0.717, 1.165) is 12.0 Å². The van der Waals surface area contributed by atoms with Gasteiger partial charge in [-0.3, -0.25) is 4.79 Å². The molecular weight excluding hydrogens is 274 g/mol. The minimum Gasteiger partial charge on any atom is -0.484 e. The van der Waals surface area contributed by atoms with Crippen molar-refractivity contribution in [3.8, 4) is 16.9 Å². The van der Waals surface area contributed by atoms with Crippen LogP contribution in [0.5, 0.6) is 5.75 Å². The Morgan fingerprint density at radius 3 is 2.14 bits per heavy atom. The van der Waals surface area contributed by atoms with Crippen LogP contribution in [0.1, 0.15) is 25.8 Å². The number of hydrogen-bond acceptors (Lipinski definition) is 2. The average molecular weight is 297 g/mol. The monoisotopic (exact) mass is 297 g/mol. The summed E-state index contributed by atoms with van der Waals surface area (Å²) in [5.74, 6) is 0.618. The molecule has 2 rings (SSSR count). The summed E-state index contributed by atoms with van der Waals surface area (Å²) in [6, 6.07) is 16.4. The van der Waals surface area contributed by atoms with Crippen molar-refractivity contribution < 1.29 is 9.53 Å². The van der Waals surface area contributed by atoms with Gasteiger partial charge in [-0.25, -0.2) is 0 Å². The van der Waals surface area contributed by atoms with E-state index in [1.165, 1.54) is 11.1 Å². The summed E-state index contributed by atoms with van der Waals surface area (Å²) in [5.41, 5.74) is 3.55. The second kappa shape index (κ2) is 7.64. The minimum absolute atomic E-state index is 0.0498. The van der Waals surface area contributed by atoms with E-state index in [4.69, 9.17) is 4.74 Å². The zero-order chi connectivity index (χ0) is 15.9. The maximum absolute atomic E-state index is 11.7. The van der Waals surface area contributed by atoms with Crippen molar-refractivity contribution in [1.82, 2.24) is 5.32 Å². The van der Waals surface area contributed by atoms with E-state index in [1.807, 2.05) is 38.1 Å². The molecule has 2 aromatic rings. The lowest BCUT2D eigenvalue weighted by atomic mass is 10.0. The third kappa shape index (κ3) is 4.62. The van der Waals surface area contributed by atoms with Crippen molar-refractivity contribution in [2.75, 3.05) is 6.61 Å². The first-order chi connectivity index (χ1) is 10.6. The van der Waals surface area contributed by atoms with E-state index in [-0.39, 0.29) is 18.6 Å². The molecule has 0 aliphatic heterocycles. The van der Waals surface area contributed by atoms with Gasteiger partial charge in [0.15, 0.2) is 6.61 Å². The average Bonchev–Trinajstić information content (AvgIpc) is 2.54. The summed E-state index contributed by atoms with van der Waals surface area (Å²) in [7, 11) is 0. The van der Waals surface area contributed by atoms with Gasteiger partial charge in [0.2, 0.25) is 0 Å². The van der Waals surface area contributed by atoms with E-state index in [0.29, 0.717) is 5.75 Å². The Kier molecular flexibility index (Phi) is 5.59. The molecule has 3 nitrogen and oxygen atoms in total. The van der Waals surface area contributed by atoms with Crippen LogP contribution in [0.4, 0.5) is 0 Å². The number of nitrogens with one attached hydrogen (secondary N) is 1. The van der Waals surface area contributed by atoms with Gasteiger partial charge in [0.1, 0.15) is 5.75 Å². The molecule has 1 amide bonds. The Balaban J connectivity index is 1.92. The predicted octanol–water partition coefficient (Wildman–Crippen LogP) is 3.96. The summed E-state index contributed by atoms with van der Waals surface area (Å²) >= 11 is 0. The highest BCUT2D eigenvalue weighted by Crippen LogP contribution is 2.22. The van der Waals surface area contributed by atoms with E-state index >= 15 is 0 Å². The van der Waals surface area contributed by atoms with Gasteiger partial charge in [-0.05, 0) is 43.5 Å². The Morgan fingerprint density at radius 1 is 1.05 bits per heavy atom. The van der Waals surface area contributed by atoms with Crippen LogP contribution < -0.4 is 10.1 Å². The van der Waals surface area contributed by atoms with Crippen LogP contribution in [-0.4, -0.2) is 18.6 Å². The van der Waals surface area contributed by atoms with Crippen molar-refractivity contribution in [3.05, 3.63) is 54.1 Å². The lowest BCUT2D eigenvalue weighted by Crippen LogP contribution is -2.35. The van der Waals surface area contributed by atoms with E-state index in [9.17, 15) is 4.79 Å². The molecular formula is C19H23NO2.